The van der Waals surface area contributed by atoms with Crippen LogP contribution < -0.4 is 0 Å². The first-order valence-corrected chi connectivity index (χ1v) is 40.9. The van der Waals surface area contributed by atoms with Crippen molar-refractivity contribution in [2.24, 2.45) is 17.8 Å². The first-order chi connectivity index (χ1) is 44.3. The van der Waals surface area contributed by atoms with Gasteiger partial charge in [-0.25, -0.2) is 9.13 Å². The summed E-state index contributed by atoms with van der Waals surface area (Å²) in [5.74, 6) is 0.111. The molecule has 0 rings (SSSR count). The van der Waals surface area contributed by atoms with E-state index in [2.05, 4.69) is 48.5 Å². The lowest BCUT2D eigenvalue weighted by atomic mass is 9.99. The van der Waals surface area contributed by atoms with E-state index in [1.807, 2.05) is 0 Å². The van der Waals surface area contributed by atoms with Crippen LogP contribution in [-0.2, 0) is 65.4 Å². The van der Waals surface area contributed by atoms with Crippen LogP contribution in [0.25, 0.3) is 0 Å². The van der Waals surface area contributed by atoms with Crippen LogP contribution in [-0.4, -0.2) is 96.7 Å². The van der Waals surface area contributed by atoms with Crippen LogP contribution in [0.5, 0.6) is 0 Å². The Morgan fingerprint density at radius 2 is 0.554 bits per heavy atom. The minimum atomic E-state index is -4.96. The smallest absolute Gasteiger partial charge is 0.462 e. The molecule has 3 unspecified atom stereocenters. The van der Waals surface area contributed by atoms with Crippen molar-refractivity contribution in [3.8, 4) is 0 Å². The largest absolute Gasteiger partial charge is 0.472 e. The standard InChI is InChI=1S/C73H142O17P2/c1-8-10-11-12-13-14-15-16-17-20-23-26-32-40-47-54-70(75)83-60-68(89-72(77)56-49-42-33-27-24-21-18-19-22-25-30-37-44-51-64(3)4)62-87-91(79,80)85-58-67(74)59-86-92(81,82)88-63-69(61-84-71(76)55-48-41-36-35-38-45-52-65(5)6)90-73(78)57-50-43-34-29-28-31-39-46-53-66(7)9-2/h64-69,74H,8-63H2,1-7H3,(H,79,80)(H,81,82)/t66?,67-,68-,69-/m1/s1. The van der Waals surface area contributed by atoms with E-state index >= 15 is 0 Å². The molecular weight excluding hydrogens is 1210 g/mol. The molecule has 92 heavy (non-hydrogen) atoms. The number of carbonyl (C=O) groups is 4. The molecule has 6 atom stereocenters. The summed E-state index contributed by atoms with van der Waals surface area (Å²) in [6.45, 7) is 11.8. The SMILES string of the molecule is CCCCCCCCCCCCCCCCCC(=O)OC[C@H](COP(=O)(O)OC[C@@H](O)COP(=O)(O)OC[C@@H](COC(=O)CCCCCCCCC(C)C)OC(=O)CCCCCCCCCCC(C)CC)OC(=O)CCCCCCCCCCCCCCCC(C)C. The van der Waals surface area contributed by atoms with Crippen molar-refractivity contribution >= 4 is 39.5 Å². The maximum absolute atomic E-state index is 13.1. The molecule has 0 aromatic heterocycles. The van der Waals surface area contributed by atoms with Crippen LogP contribution >= 0.6 is 15.6 Å². The lowest BCUT2D eigenvalue weighted by molar-refractivity contribution is -0.161. The summed E-state index contributed by atoms with van der Waals surface area (Å²) in [7, 11) is -9.91. The van der Waals surface area contributed by atoms with Crippen LogP contribution in [0.1, 0.15) is 370 Å². The zero-order chi connectivity index (χ0) is 68.0. The summed E-state index contributed by atoms with van der Waals surface area (Å²) in [6.07, 6.45) is 48.6. The van der Waals surface area contributed by atoms with E-state index < -0.39 is 97.5 Å². The third-order valence-corrected chi connectivity index (χ3v) is 19.1. The average Bonchev–Trinajstić information content (AvgIpc) is 3.48. The second-order valence-electron chi connectivity index (χ2n) is 27.5. The number of hydrogen-bond donors (Lipinski definition) is 3. The number of hydrogen-bond acceptors (Lipinski definition) is 15. The molecule has 0 aromatic carbocycles. The second-order valence-corrected chi connectivity index (χ2v) is 30.4. The van der Waals surface area contributed by atoms with Crippen LogP contribution in [0.2, 0.25) is 0 Å². The molecule has 19 heteroatoms. The van der Waals surface area contributed by atoms with Gasteiger partial charge in [0.25, 0.3) is 0 Å². The van der Waals surface area contributed by atoms with Gasteiger partial charge in [0, 0.05) is 25.7 Å². The predicted octanol–water partition coefficient (Wildman–Crippen LogP) is 21.0. The molecule has 0 saturated carbocycles. The Balaban J connectivity index is 5.25. The highest BCUT2D eigenvalue weighted by Crippen LogP contribution is 2.45. The van der Waals surface area contributed by atoms with Gasteiger partial charge in [-0.15, -0.1) is 0 Å². The fourth-order valence-electron chi connectivity index (χ4n) is 11.0. The number of carbonyl (C=O) groups excluding carboxylic acids is 4. The minimum absolute atomic E-state index is 0.104. The number of aliphatic hydroxyl groups is 1. The quantitative estimate of drug-likeness (QED) is 0.0222. The van der Waals surface area contributed by atoms with Gasteiger partial charge in [-0.1, -0.05) is 318 Å². The molecule has 0 spiro atoms. The van der Waals surface area contributed by atoms with E-state index in [1.54, 1.807) is 0 Å². The molecular formula is C73H142O17P2. The van der Waals surface area contributed by atoms with E-state index in [0.29, 0.717) is 31.6 Å². The molecule has 0 heterocycles. The molecule has 0 aliphatic rings. The average molecular weight is 1350 g/mol. The first kappa shape index (κ1) is 90.1. The van der Waals surface area contributed by atoms with E-state index in [1.165, 1.54) is 173 Å². The highest BCUT2D eigenvalue weighted by atomic mass is 31.2. The van der Waals surface area contributed by atoms with Crippen molar-refractivity contribution < 1.29 is 80.2 Å². The normalized spacial score (nSPS) is 14.4. The number of esters is 4. The maximum Gasteiger partial charge on any atom is 0.472 e. The van der Waals surface area contributed by atoms with Crippen LogP contribution in [0.4, 0.5) is 0 Å². The number of ether oxygens (including phenoxy) is 4. The zero-order valence-corrected chi connectivity index (χ0v) is 61.8. The number of aliphatic hydroxyl groups excluding tert-OH is 1. The van der Waals surface area contributed by atoms with Gasteiger partial charge in [-0.05, 0) is 43.4 Å². The van der Waals surface area contributed by atoms with Crippen molar-refractivity contribution in [1.29, 1.82) is 0 Å². The van der Waals surface area contributed by atoms with E-state index in [0.717, 1.165) is 108 Å². The summed E-state index contributed by atoms with van der Waals surface area (Å²) in [5, 5.41) is 10.6. The van der Waals surface area contributed by atoms with Crippen molar-refractivity contribution in [3.63, 3.8) is 0 Å². The Hall–Kier alpha value is -1.94. The Morgan fingerprint density at radius 3 is 0.826 bits per heavy atom. The van der Waals surface area contributed by atoms with Gasteiger partial charge in [0.1, 0.15) is 19.3 Å². The van der Waals surface area contributed by atoms with Gasteiger partial charge in [-0.3, -0.25) is 37.3 Å². The van der Waals surface area contributed by atoms with Gasteiger partial charge < -0.3 is 33.8 Å². The van der Waals surface area contributed by atoms with Gasteiger partial charge >= 0.3 is 39.5 Å². The maximum atomic E-state index is 13.1. The Bertz CT molecular complexity index is 1800. The molecule has 0 bridgehead atoms. The minimum Gasteiger partial charge on any atom is -0.462 e. The first-order valence-electron chi connectivity index (χ1n) is 37.9. The summed E-state index contributed by atoms with van der Waals surface area (Å²) < 4.78 is 68.4. The fourth-order valence-corrected chi connectivity index (χ4v) is 12.6. The predicted molar refractivity (Wildman–Crippen MR) is 372 cm³/mol. The Labute approximate surface area is 562 Å². The summed E-state index contributed by atoms with van der Waals surface area (Å²) in [4.78, 5) is 72.7. The van der Waals surface area contributed by atoms with E-state index in [4.69, 9.17) is 37.0 Å². The lowest BCUT2D eigenvalue weighted by Gasteiger charge is -2.21. The molecule has 0 aliphatic heterocycles. The van der Waals surface area contributed by atoms with Gasteiger partial charge in [0.2, 0.25) is 0 Å². The molecule has 0 fully saturated rings. The summed E-state index contributed by atoms with van der Waals surface area (Å²) in [5.41, 5.74) is 0. The van der Waals surface area contributed by atoms with Crippen molar-refractivity contribution in [1.82, 2.24) is 0 Å². The van der Waals surface area contributed by atoms with Gasteiger partial charge in [0.15, 0.2) is 12.2 Å². The number of phosphoric acid groups is 2. The third kappa shape index (κ3) is 65.4. The topological polar surface area (TPSA) is 237 Å². The highest BCUT2D eigenvalue weighted by Gasteiger charge is 2.30. The molecule has 0 radical (unpaired) electrons. The fraction of sp³-hybridized carbons (Fsp3) is 0.945. The Kier molecular flexibility index (Phi) is 62.4. The second kappa shape index (κ2) is 63.8. The number of rotatable bonds is 71. The van der Waals surface area contributed by atoms with Crippen LogP contribution in [0.3, 0.4) is 0 Å². The van der Waals surface area contributed by atoms with Gasteiger partial charge in [0.05, 0.1) is 26.4 Å². The van der Waals surface area contributed by atoms with Crippen molar-refractivity contribution in [2.45, 2.75) is 388 Å². The van der Waals surface area contributed by atoms with Crippen molar-refractivity contribution in [3.05, 3.63) is 0 Å². The molecule has 0 amide bonds. The van der Waals surface area contributed by atoms with Gasteiger partial charge in [-0.2, -0.15) is 0 Å². The van der Waals surface area contributed by atoms with Crippen LogP contribution in [0.15, 0.2) is 0 Å². The molecule has 0 saturated heterocycles. The third-order valence-electron chi connectivity index (χ3n) is 17.2. The van der Waals surface area contributed by atoms with Crippen LogP contribution in [0, 0.1) is 17.8 Å². The van der Waals surface area contributed by atoms with E-state index in [-0.39, 0.29) is 25.7 Å². The number of phosphoric ester groups is 2. The van der Waals surface area contributed by atoms with Crippen molar-refractivity contribution in [2.75, 3.05) is 39.6 Å². The number of unbranched alkanes of at least 4 members (excludes halogenated alkanes) is 38. The Morgan fingerprint density at radius 1 is 0.315 bits per heavy atom. The monoisotopic (exact) mass is 1350 g/mol. The summed E-state index contributed by atoms with van der Waals surface area (Å²) in [6, 6.07) is 0. The highest BCUT2D eigenvalue weighted by molar-refractivity contribution is 7.47. The summed E-state index contributed by atoms with van der Waals surface area (Å²) >= 11 is 0. The molecule has 3 N–H and O–H groups in total. The molecule has 0 aromatic rings. The molecule has 17 nitrogen and oxygen atoms in total. The molecule has 0 aliphatic carbocycles. The van der Waals surface area contributed by atoms with E-state index in [9.17, 15) is 43.2 Å². The molecule has 546 valence electrons. The zero-order valence-electron chi connectivity index (χ0n) is 60.0. The lowest BCUT2D eigenvalue weighted by Crippen LogP contribution is -2.30.